The largest absolute Gasteiger partial charge is 0.493 e. The topological polar surface area (TPSA) is 66.0 Å². The van der Waals surface area contributed by atoms with Gasteiger partial charge >= 0.3 is 5.97 Å². The first-order chi connectivity index (χ1) is 13.1. The molecule has 1 aromatic heterocycles. The number of benzene rings is 2. The van der Waals surface area contributed by atoms with E-state index in [1.165, 1.54) is 18.4 Å². The molecule has 0 amide bonds. The van der Waals surface area contributed by atoms with Crippen molar-refractivity contribution >= 4 is 33.1 Å². The summed E-state index contributed by atoms with van der Waals surface area (Å²) in [6, 6.07) is 11.6. The van der Waals surface area contributed by atoms with E-state index in [2.05, 4.69) is 5.32 Å². The molecule has 0 radical (unpaired) electrons. The predicted octanol–water partition coefficient (Wildman–Crippen LogP) is 4.33. The molecule has 0 spiro atoms. The van der Waals surface area contributed by atoms with Crippen molar-refractivity contribution < 1.29 is 23.7 Å². The Bertz CT molecular complexity index is 941. The van der Waals surface area contributed by atoms with Gasteiger partial charge in [-0.05, 0) is 47.3 Å². The maximum Gasteiger partial charge on any atom is 0.348 e. The summed E-state index contributed by atoms with van der Waals surface area (Å²) < 4.78 is 21.9. The van der Waals surface area contributed by atoms with E-state index in [4.69, 9.17) is 18.9 Å². The lowest BCUT2D eigenvalue weighted by Gasteiger charge is -2.15. The van der Waals surface area contributed by atoms with Crippen molar-refractivity contribution in [2.45, 2.75) is 6.54 Å². The van der Waals surface area contributed by atoms with Crippen LogP contribution in [0.15, 0.2) is 36.4 Å². The number of rotatable bonds is 7. The molecule has 7 heteroatoms. The van der Waals surface area contributed by atoms with Crippen molar-refractivity contribution in [1.29, 1.82) is 0 Å². The molecular formula is C20H21NO5S. The summed E-state index contributed by atoms with van der Waals surface area (Å²) in [4.78, 5) is 12.3. The van der Waals surface area contributed by atoms with Crippen LogP contribution in [0.1, 0.15) is 15.2 Å². The van der Waals surface area contributed by atoms with Crippen molar-refractivity contribution in [2.24, 2.45) is 0 Å². The summed E-state index contributed by atoms with van der Waals surface area (Å²) in [5.41, 5.74) is 1.94. The van der Waals surface area contributed by atoms with Crippen LogP contribution in [-0.2, 0) is 11.3 Å². The highest BCUT2D eigenvalue weighted by Crippen LogP contribution is 2.38. The van der Waals surface area contributed by atoms with Crippen LogP contribution < -0.4 is 19.5 Å². The summed E-state index contributed by atoms with van der Waals surface area (Å²) in [6.45, 7) is 0.580. The number of hydrogen-bond donors (Lipinski definition) is 1. The highest BCUT2D eigenvalue weighted by Gasteiger charge is 2.13. The summed E-state index contributed by atoms with van der Waals surface area (Å²) in [5.74, 6) is 1.48. The molecule has 6 nitrogen and oxygen atoms in total. The molecule has 0 aliphatic carbocycles. The van der Waals surface area contributed by atoms with E-state index in [-0.39, 0.29) is 5.97 Å². The number of thiophene rings is 1. The average molecular weight is 387 g/mol. The first-order valence-electron chi connectivity index (χ1n) is 8.24. The van der Waals surface area contributed by atoms with Gasteiger partial charge in [0.05, 0.1) is 28.4 Å². The SMILES string of the molecule is COC(=O)c1cc2cc(NCc3cc(OC)c(OC)c(OC)c3)ccc2s1. The van der Waals surface area contributed by atoms with Gasteiger partial charge in [0.25, 0.3) is 0 Å². The maximum absolute atomic E-state index is 11.7. The van der Waals surface area contributed by atoms with Gasteiger partial charge in [-0.1, -0.05) is 0 Å². The summed E-state index contributed by atoms with van der Waals surface area (Å²) in [6.07, 6.45) is 0. The van der Waals surface area contributed by atoms with Gasteiger partial charge in [-0.25, -0.2) is 4.79 Å². The number of anilines is 1. The molecule has 0 saturated carbocycles. The Labute approximate surface area is 161 Å². The molecule has 0 atom stereocenters. The number of ether oxygens (including phenoxy) is 4. The van der Waals surface area contributed by atoms with Crippen LogP contribution in [-0.4, -0.2) is 34.4 Å². The number of nitrogens with one attached hydrogen (secondary N) is 1. The number of fused-ring (bicyclic) bond motifs is 1. The lowest BCUT2D eigenvalue weighted by Crippen LogP contribution is -2.02. The van der Waals surface area contributed by atoms with Crippen molar-refractivity contribution in [1.82, 2.24) is 0 Å². The normalized spacial score (nSPS) is 10.5. The smallest absolute Gasteiger partial charge is 0.348 e. The maximum atomic E-state index is 11.7. The molecule has 142 valence electrons. The molecule has 0 fully saturated rings. The third-order valence-corrected chi connectivity index (χ3v) is 5.22. The predicted molar refractivity (Wildman–Crippen MR) is 107 cm³/mol. The highest BCUT2D eigenvalue weighted by atomic mass is 32.1. The molecule has 0 aliphatic rings. The molecule has 1 heterocycles. The first kappa shape index (κ1) is 18.8. The van der Waals surface area contributed by atoms with Crippen molar-refractivity contribution in [3.63, 3.8) is 0 Å². The fourth-order valence-corrected chi connectivity index (χ4v) is 3.76. The van der Waals surface area contributed by atoms with E-state index >= 15 is 0 Å². The third kappa shape index (κ3) is 3.93. The Balaban J connectivity index is 1.81. The minimum Gasteiger partial charge on any atom is -0.493 e. The minimum absolute atomic E-state index is 0.317. The molecule has 3 rings (SSSR count). The zero-order chi connectivity index (χ0) is 19.4. The molecule has 0 aliphatic heterocycles. The summed E-state index contributed by atoms with van der Waals surface area (Å²) in [7, 11) is 6.16. The number of hydrogen-bond acceptors (Lipinski definition) is 7. The fraction of sp³-hybridized carbons (Fsp3) is 0.250. The number of carbonyl (C=O) groups is 1. The van der Waals surface area contributed by atoms with E-state index in [0.717, 1.165) is 21.3 Å². The molecule has 0 bridgehead atoms. The zero-order valence-corrected chi connectivity index (χ0v) is 16.4. The minimum atomic E-state index is -0.317. The Morgan fingerprint density at radius 3 is 2.26 bits per heavy atom. The second-order valence-corrected chi connectivity index (χ2v) is 6.83. The molecule has 2 aromatic carbocycles. The van der Waals surface area contributed by atoms with Gasteiger partial charge in [-0.15, -0.1) is 11.3 Å². The van der Waals surface area contributed by atoms with Gasteiger partial charge in [0.2, 0.25) is 5.75 Å². The molecule has 27 heavy (non-hydrogen) atoms. The highest BCUT2D eigenvalue weighted by molar-refractivity contribution is 7.20. The van der Waals surface area contributed by atoms with E-state index in [1.54, 1.807) is 21.3 Å². The van der Waals surface area contributed by atoms with Crippen LogP contribution in [0.2, 0.25) is 0 Å². The van der Waals surface area contributed by atoms with E-state index in [1.807, 2.05) is 36.4 Å². The Kier molecular flexibility index (Phi) is 5.71. The summed E-state index contributed by atoms with van der Waals surface area (Å²) >= 11 is 1.42. The van der Waals surface area contributed by atoms with Gasteiger partial charge in [-0.2, -0.15) is 0 Å². The Hall–Kier alpha value is -2.93. The Morgan fingerprint density at radius 1 is 0.963 bits per heavy atom. The van der Waals surface area contributed by atoms with Crippen LogP contribution in [0, 0.1) is 0 Å². The summed E-state index contributed by atoms with van der Waals surface area (Å²) in [5, 5.41) is 4.38. The van der Waals surface area contributed by atoms with E-state index in [0.29, 0.717) is 28.7 Å². The number of esters is 1. The van der Waals surface area contributed by atoms with Crippen LogP contribution >= 0.6 is 11.3 Å². The van der Waals surface area contributed by atoms with E-state index < -0.39 is 0 Å². The molecule has 3 aromatic rings. The quantitative estimate of drug-likeness (QED) is 0.609. The van der Waals surface area contributed by atoms with Crippen molar-refractivity contribution in [2.75, 3.05) is 33.8 Å². The Morgan fingerprint density at radius 2 is 1.67 bits per heavy atom. The van der Waals surface area contributed by atoms with Crippen LogP contribution in [0.25, 0.3) is 10.1 Å². The van der Waals surface area contributed by atoms with Gasteiger partial charge in [0.1, 0.15) is 4.88 Å². The first-order valence-corrected chi connectivity index (χ1v) is 9.06. The molecule has 1 N–H and O–H groups in total. The monoisotopic (exact) mass is 387 g/mol. The van der Waals surface area contributed by atoms with Gasteiger partial charge in [0.15, 0.2) is 11.5 Å². The lowest BCUT2D eigenvalue weighted by molar-refractivity contribution is 0.0606. The van der Waals surface area contributed by atoms with Crippen molar-refractivity contribution in [3.8, 4) is 17.2 Å². The standard InChI is InChI=1S/C20H21NO5S/c1-23-15-7-12(8-16(24-2)19(15)25-3)11-21-14-5-6-17-13(9-14)10-18(27-17)20(22)26-4/h5-10,21H,11H2,1-4H3. The fourth-order valence-electron chi connectivity index (χ4n) is 2.80. The van der Waals surface area contributed by atoms with E-state index in [9.17, 15) is 4.79 Å². The third-order valence-electron chi connectivity index (χ3n) is 4.12. The average Bonchev–Trinajstić information content (AvgIpc) is 3.14. The lowest BCUT2D eigenvalue weighted by atomic mass is 10.1. The second kappa shape index (κ2) is 8.18. The van der Waals surface area contributed by atoms with Crippen LogP contribution in [0.5, 0.6) is 17.2 Å². The zero-order valence-electron chi connectivity index (χ0n) is 15.6. The molecular weight excluding hydrogens is 366 g/mol. The number of carbonyl (C=O) groups excluding carboxylic acids is 1. The molecule has 0 unspecified atom stereocenters. The number of methoxy groups -OCH3 is 4. The van der Waals surface area contributed by atoms with Crippen molar-refractivity contribution in [3.05, 3.63) is 46.8 Å². The van der Waals surface area contributed by atoms with Crippen LogP contribution in [0.4, 0.5) is 5.69 Å². The second-order valence-electron chi connectivity index (χ2n) is 5.74. The van der Waals surface area contributed by atoms with Gasteiger partial charge < -0.3 is 24.3 Å². The molecule has 0 saturated heterocycles. The van der Waals surface area contributed by atoms with Crippen LogP contribution in [0.3, 0.4) is 0 Å². The van der Waals surface area contributed by atoms with Gasteiger partial charge in [-0.3, -0.25) is 0 Å². The van der Waals surface area contributed by atoms with Gasteiger partial charge in [0, 0.05) is 16.9 Å².